The first kappa shape index (κ1) is 24.0. The van der Waals surface area contributed by atoms with Crippen molar-refractivity contribution in [3.05, 3.63) is 53.6 Å². The number of carboxylic acids is 1. The van der Waals surface area contributed by atoms with Crippen molar-refractivity contribution in [2.45, 2.75) is 71.9 Å². The van der Waals surface area contributed by atoms with E-state index in [1.807, 2.05) is 32.0 Å². The summed E-state index contributed by atoms with van der Waals surface area (Å²) in [4.78, 5) is 10.9. The van der Waals surface area contributed by atoms with Crippen molar-refractivity contribution in [1.29, 1.82) is 0 Å². The summed E-state index contributed by atoms with van der Waals surface area (Å²) >= 11 is 0. The Labute approximate surface area is 181 Å². The lowest BCUT2D eigenvalue weighted by atomic mass is 10.1. The number of hydrogen-bond donors (Lipinski definition) is 1. The molecule has 0 amide bonds. The number of benzene rings is 2. The predicted molar refractivity (Wildman–Crippen MR) is 122 cm³/mol. The molecule has 0 atom stereocenters. The van der Waals surface area contributed by atoms with Crippen molar-refractivity contribution in [3.8, 4) is 17.2 Å². The van der Waals surface area contributed by atoms with Crippen molar-refractivity contribution in [2.24, 2.45) is 0 Å². The molecule has 2 aromatic rings. The molecule has 0 aliphatic carbocycles. The number of ether oxygens (including phenoxy) is 2. The monoisotopic (exact) mass is 430 g/mol. The summed E-state index contributed by atoms with van der Waals surface area (Å²) in [6.45, 7) is 15.6. The molecule has 6 heteroatoms. The summed E-state index contributed by atoms with van der Waals surface area (Å²) in [5.74, 6) is 1.05. The first-order valence-corrected chi connectivity index (χ1v) is 13.2. The summed E-state index contributed by atoms with van der Waals surface area (Å²) in [5, 5.41) is 9.07. The van der Waals surface area contributed by atoms with Gasteiger partial charge in [-0.05, 0) is 67.4 Å². The molecule has 0 heterocycles. The molecule has 1 N–H and O–H groups in total. The lowest BCUT2D eigenvalue weighted by Gasteiger charge is -2.36. The molecule has 0 bridgehead atoms. The highest BCUT2D eigenvalue weighted by Crippen LogP contribution is 2.38. The topological polar surface area (TPSA) is 65.0 Å². The minimum absolute atomic E-state index is 0.0116. The van der Waals surface area contributed by atoms with Crippen LogP contribution in [0.3, 0.4) is 0 Å². The highest BCUT2D eigenvalue weighted by molar-refractivity contribution is 6.74. The molecular formula is C24H34O5Si. The molecular weight excluding hydrogens is 396 g/mol. The molecule has 2 aromatic carbocycles. The summed E-state index contributed by atoms with van der Waals surface area (Å²) in [6.07, 6.45) is 0.00190. The molecule has 5 nitrogen and oxygen atoms in total. The highest BCUT2D eigenvalue weighted by Gasteiger charge is 2.37. The van der Waals surface area contributed by atoms with Crippen molar-refractivity contribution in [1.82, 2.24) is 0 Å². The summed E-state index contributed by atoms with van der Waals surface area (Å²) < 4.78 is 18.4. The van der Waals surface area contributed by atoms with Crippen LogP contribution in [0, 0.1) is 0 Å². The minimum Gasteiger partial charge on any atom is -0.487 e. The second kappa shape index (κ2) is 9.66. The van der Waals surface area contributed by atoms with Gasteiger partial charge in [0.2, 0.25) is 0 Å². The number of hydrogen-bond acceptors (Lipinski definition) is 4. The van der Waals surface area contributed by atoms with Crippen molar-refractivity contribution < 1.29 is 23.8 Å². The molecule has 0 aliphatic heterocycles. The Morgan fingerprint density at radius 2 is 1.60 bits per heavy atom. The van der Waals surface area contributed by atoms with Gasteiger partial charge in [0.05, 0.1) is 19.1 Å². The van der Waals surface area contributed by atoms with Gasteiger partial charge in [-0.25, -0.2) is 0 Å². The third-order valence-electron chi connectivity index (χ3n) is 5.28. The van der Waals surface area contributed by atoms with Gasteiger partial charge in [-0.3, -0.25) is 4.79 Å². The van der Waals surface area contributed by atoms with Gasteiger partial charge in [0, 0.05) is 0 Å². The molecule has 30 heavy (non-hydrogen) atoms. The molecule has 0 spiro atoms. The number of carbonyl (C=O) groups is 1. The molecule has 0 aromatic heterocycles. The van der Waals surface area contributed by atoms with Crippen molar-refractivity contribution in [3.63, 3.8) is 0 Å². The maximum atomic E-state index is 10.9. The van der Waals surface area contributed by atoms with E-state index in [1.165, 1.54) is 0 Å². The Bertz CT molecular complexity index is 851. The van der Waals surface area contributed by atoms with E-state index in [0.29, 0.717) is 23.9 Å². The fourth-order valence-electron chi connectivity index (χ4n) is 2.53. The molecule has 0 unspecified atom stereocenters. The Morgan fingerprint density at radius 3 is 2.13 bits per heavy atom. The number of rotatable bonds is 9. The van der Waals surface area contributed by atoms with Crippen LogP contribution in [0.1, 0.15) is 45.7 Å². The van der Waals surface area contributed by atoms with E-state index in [4.69, 9.17) is 19.0 Å². The van der Waals surface area contributed by atoms with E-state index in [0.717, 1.165) is 11.1 Å². The molecule has 2 rings (SSSR count). The van der Waals surface area contributed by atoms with Crippen LogP contribution in [0.25, 0.3) is 0 Å². The van der Waals surface area contributed by atoms with Gasteiger partial charge in [0.25, 0.3) is 0 Å². The Balaban J connectivity index is 2.22. The van der Waals surface area contributed by atoms with Gasteiger partial charge < -0.3 is 19.0 Å². The lowest BCUT2D eigenvalue weighted by molar-refractivity contribution is -0.136. The van der Waals surface area contributed by atoms with Crippen LogP contribution in [-0.4, -0.2) is 25.5 Å². The van der Waals surface area contributed by atoms with Crippen LogP contribution < -0.4 is 9.47 Å². The second-order valence-corrected chi connectivity index (χ2v) is 14.1. The predicted octanol–water partition coefficient (Wildman–Crippen LogP) is 6.42. The Kier molecular flexibility index (Phi) is 7.72. The van der Waals surface area contributed by atoms with Crippen LogP contribution in [0.5, 0.6) is 17.2 Å². The van der Waals surface area contributed by atoms with E-state index in [-0.39, 0.29) is 17.6 Å². The Hall–Kier alpha value is -2.31. The molecule has 164 valence electrons. The number of aliphatic carboxylic acids is 1. The summed E-state index contributed by atoms with van der Waals surface area (Å²) in [6, 6.07) is 12.9. The third-order valence-corrected chi connectivity index (χ3v) is 9.76. The van der Waals surface area contributed by atoms with Gasteiger partial charge in [-0.1, -0.05) is 39.0 Å². The molecule has 0 saturated carbocycles. The van der Waals surface area contributed by atoms with Gasteiger partial charge >= 0.3 is 5.97 Å². The Morgan fingerprint density at radius 1 is 1.00 bits per heavy atom. The van der Waals surface area contributed by atoms with Crippen LogP contribution in [-0.2, 0) is 22.2 Å². The van der Waals surface area contributed by atoms with Gasteiger partial charge in [0.1, 0.15) is 5.75 Å². The first-order chi connectivity index (χ1) is 13.9. The van der Waals surface area contributed by atoms with E-state index >= 15 is 0 Å². The largest absolute Gasteiger partial charge is 0.487 e. The van der Waals surface area contributed by atoms with Crippen LogP contribution >= 0.6 is 0 Å². The average molecular weight is 431 g/mol. The standard InChI is InChI=1S/C24H34O5Si/c1-17(2)28-21-13-10-19(16-27-30(6,7)24(3,4)5)14-22(21)29-20-11-8-18(9-12-20)15-23(25)26/h8-14,17H,15-16H2,1-7H3,(H,25,26). The van der Waals surface area contributed by atoms with Crippen molar-refractivity contribution >= 4 is 14.3 Å². The third kappa shape index (κ3) is 6.88. The average Bonchev–Trinajstić information content (AvgIpc) is 2.62. The molecule has 0 radical (unpaired) electrons. The fourth-order valence-corrected chi connectivity index (χ4v) is 3.49. The SMILES string of the molecule is CC(C)Oc1ccc(CO[Si](C)(C)C(C)(C)C)cc1Oc1ccc(CC(=O)O)cc1. The smallest absolute Gasteiger partial charge is 0.307 e. The first-order valence-electron chi connectivity index (χ1n) is 10.3. The summed E-state index contributed by atoms with van der Waals surface area (Å²) in [7, 11) is -1.86. The zero-order valence-corrected chi connectivity index (χ0v) is 20.1. The maximum absolute atomic E-state index is 10.9. The molecule has 0 fully saturated rings. The fraction of sp³-hybridized carbons (Fsp3) is 0.458. The molecule has 0 aliphatic rings. The second-order valence-electron chi connectivity index (χ2n) is 9.31. The van der Waals surface area contributed by atoms with Gasteiger partial charge in [-0.15, -0.1) is 0 Å². The highest BCUT2D eigenvalue weighted by atomic mass is 28.4. The summed E-state index contributed by atoms with van der Waals surface area (Å²) in [5.41, 5.74) is 1.75. The normalized spacial score (nSPS) is 12.1. The maximum Gasteiger partial charge on any atom is 0.307 e. The van der Waals surface area contributed by atoms with E-state index in [9.17, 15) is 4.79 Å². The minimum atomic E-state index is -1.86. The molecule has 0 saturated heterocycles. The van der Waals surface area contributed by atoms with Crippen molar-refractivity contribution in [2.75, 3.05) is 0 Å². The van der Waals surface area contributed by atoms with Crippen LogP contribution in [0.2, 0.25) is 18.1 Å². The van der Waals surface area contributed by atoms with E-state index < -0.39 is 14.3 Å². The zero-order valence-electron chi connectivity index (χ0n) is 19.1. The zero-order chi connectivity index (χ0) is 22.5. The van der Waals surface area contributed by atoms with E-state index in [2.05, 4.69) is 33.9 Å². The van der Waals surface area contributed by atoms with Crippen LogP contribution in [0.15, 0.2) is 42.5 Å². The van der Waals surface area contributed by atoms with E-state index in [1.54, 1.807) is 24.3 Å². The number of carboxylic acid groups (broad SMARTS) is 1. The van der Waals surface area contributed by atoms with Gasteiger partial charge in [0.15, 0.2) is 19.8 Å². The quantitative estimate of drug-likeness (QED) is 0.465. The van der Waals surface area contributed by atoms with Crippen LogP contribution in [0.4, 0.5) is 0 Å². The lowest BCUT2D eigenvalue weighted by Crippen LogP contribution is -2.40. The van der Waals surface area contributed by atoms with Gasteiger partial charge in [-0.2, -0.15) is 0 Å².